The van der Waals surface area contributed by atoms with Gasteiger partial charge in [0.25, 0.3) is 11.3 Å². The van der Waals surface area contributed by atoms with E-state index in [0.717, 1.165) is 12.1 Å². The molecule has 134 valence electrons. The second-order valence-electron chi connectivity index (χ2n) is 6.30. The molecular formula is C20H23N5O. The summed E-state index contributed by atoms with van der Waals surface area (Å²) in [6, 6.07) is 9.50. The summed E-state index contributed by atoms with van der Waals surface area (Å²) >= 11 is 0. The molecule has 0 aliphatic carbocycles. The van der Waals surface area contributed by atoms with Crippen LogP contribution >= 0.6 is 0 Å². The van der Waals surface area contributed by atoms with E-state index >= 15 is 0 Å². The average molecular weight is 349 g/mol. The molecule has 6 heteroatoms. The molecule has 0 saturated carbocycles. The molecule has 2 N–H and O–H groups in total. The minimum absolute atomic E-state index is 0.168. The fraction of sp³-hybridized carbons (Fsp3) is 0.250. The first-order chi connectivity index (χ1) is 12.6. The van der Waals surface area contributed by atoms with Gasteiger partial charge in [0.05, 0.1) is 5.69 Å². The number of nitrogens with zero attached hydrogens (tertiary/aromatic N) is 3. The van der Waals surface area contributed by atoms with E-state index < -0.39 is 0 Å². The van der Waals surface area contributed by atoms with Gasteiger partial charge < -0.3 is 5.32 Å². The van der Waals surface area contributed by atoms with E-state index in [1.54, 1.807) is 0 Å². The zero-order valence-electron chi connectivity index (χ0n) is 15.3. The Morgan fingerprint density at radius 1 is 1.27 bits per heavy atom. The van der Waals surface area contributed by atoms with E-state index in [0.29, 0.717) is 23.8 Å². The van der Waals surface area contributed by atoms with E-state index in [9.17, 15) is 4.79 Å². The van der Waals surface area contributed by atoms with Crippen LogP contribution in [0.4, 0.5) is 0 Å². The van der Waals surface area contributed by atoms with Crippen LogP contribution < -0.4 is 10.9 Å². The lowest BCUT2D eigenvalue weighted by Crippen LogP contribution is -2.21. The highest BCUT2D eigenvalue weighted by atomic mass is 16.1. The number of hydrogen-bond acceptors (Lipinski definition) is 4. The summed E-state index contributed by atoms with van der Waals surface area (Å²) < 4.78 is 1.37. The Balaban J connectivity index is 1.79. The van der Waals surface area contributed by atoms with E-state index in [4.69, 9.17) is 0 Å². The monoisotopic (exact) mass is 349 g/mol. The van der Waals surface area contributed by atoms with Crippen molar-refractivity contribution in [3.05, 3.63) is 75.7 Å². The third-order valence-electron chi connectivity index (χ3n) is 3.99. The number of aryl methyl sites for hydroxylation is 1. The summed E-state index contributed by atoms with van der Waals surface area (Å²) in [6.07, 6.45) is 6.05. The van der Waals surface area contributed by atoms with Crippen molar-refractivity contribution in [2.75, 3.05) is 6.54 Å². The van der Waals surface area contributed by atoms with Gasteiger partial charge in [-0.1, -0.05) is 53.6 Å². The van der Waals surface area contributed by atoms with Crippen LogP contribution in [0.15, 0.2) is 58.9 Å². The number of hydrogen-bond donors (Lipinski definition) is 2. The van der Waals surface area contributed by atoms with Crippen molar-refractivity contribution in [3.8, 4) is 11.4 Å². The molecule has 0 aliphatic rings. The first kappa shape index (κ1) is 17.8. The van der Waals surface area contributed by atoms with Gasteiger partial charge >= 0.3 is 0 Å². The minimum Gasteiger partial charge on any atom is -0.307 e. The molecule has 2 heterocycles. The molecule has 0 saturated heterocycles. The number of rotatable bonds is 6. The molecule has 3 aromatic rings. The van der Waals surface area contributed by atoms with Gasteiger partial charge in [-0.2, -0.15) is 9.50 Å². The predicted octanol–water partition coefficient (Wildman–Crippen LogP) is 3.01. The molecule has 0 fully saturated rings. The van der Waals surface area contributed by atoms with Crippen molar-refractivity contribution in [1.82, 2.24) is 24.9 Å². The Hall–Kier alpha value is -2.99. The SMILES string of the molecule is C/C=C\C=C(\C)CNCc1cc(=O)n2[nH]c(-c3ccc(C)cc3)nc2n1. The largest absolute Gasteiger partial charge is 0.307 e. The molecular weight excluding hydrogens is 326 g/mol. The van der Waals surface area contributed by atoms with Crippen LogP contribution in [0.3, 0.4) is 0 Å². The molecule has 1 aromatic carbocycles. The van der Waals surface area contributed by atoms with Crippen molar-refractivity contribution in [3.63, 3.8) is 0 Å². The number of nitrogens with one attached hydrogen (secondary N) is 2. The standard InChI is InChI=1S/C20H23N5O/c1-4-5-6-15(3)12-21-13-17-11-18(26)25-20(22-17)23-19(24-25)16-9-7-14(2)8-10-16/h4-11,21H,12-13H2,1-3H3,(H,22,23,24)/b5-4-,15-6-. The molecule has 0 atom stereocenters. The lowest BCUT2D eigenvalue weighted by atomic mass is 10.1. The fourth-order valence-electron chi connectivity index (χ4n) is 2.57. The van der Waals surface area contributed by atoms with Crippen LogP contribution in [0.1, 0.15) is 25.1 Å². The highest BCUT2D eigenvalue weighted by Gasteiger charge is 2.09. The topological polar surface area (TPSA) is 75.1 Å². The smallest absolute Gasteiger partial charge is 0.274 e. The van der Waals surface area contributed by atoms with Gasteiger partial charge in [0, 0.05) is 24.7 Å². The van der Waals surface area contributed by atoms with Gasteiger partial charge in [-0.05, 0) is 20.8 Å². The summed E-state index contributed by atoms with van der Waals surface area (Å²) in [5.74, 6) is 1.01. The highest BCUT2D eigenvalue weighted by molar-refractivity contribution is 5.57. The molecule has 6 nitrogen and oxygen atoms in total. The molecule has 0 spiro atoms. The molecule has 26 heavy (non-hydrogen) atoms. The van der Waals surface area contributed by atoms with Crippen LogP contribution in [-0.4, -0.2) is 26.1 Å². The molecule has 3 rings (SSSR count). The Morgan fingerprint density at radius 3 is 2.77 bits per heavy atom. The number of aromatic amines is 1. The molecule has 0 unspecified atom stereocenters. The summed E-state index contributed by atoms with van der Waals surface area (Å²) in [5.41, 5.74) is 3.81. The van der Waals surface area contributed by atoms with Crippen LogP contribution in [0, 0.1) is 6.92 Å². The number of fused-ring (bicyclic) bond motifs is 1. The van der Waals surface area contributed by atoms with E-state index in [2.05, 4.69) is 33.4 Å². The van der Waals surface area contributed by atoms with Crippen molar-refractivity contribution in [1.29, 1.82) is 0 Å². The van der Waals surface area contributed by atoms with Crippen molar-refractivity contribution in [2.24, 2.45) is 0 Å². The van der Waals surface area contributed by atoms with Gasteiger partial charge in [0.1, 0.15) is 0 Å². The van der Waals surface area contributed by atoms with Crippen molar-refractivity contribution >= 4 is 5.78 Å². The fourth-order valence-corrected chi connectivity index (χ4v) is 2.57. The van der Waals surface area contributed by atoms with Gasteiger partial charge in [-0.15, -0.1) is 0 Å². The Bertz CT molecular complexity index is 1010. The number of benzene rings is 1. The van der Waals surface area contributed by atoms with Crippen molar-refractivity contribution < 1.29 is 0 Å². The number of aromatic nitrogens is 4. The molecule has 2 aromatic heterocycles. The zero-order chi connectivity index (χ0) is 18.5. The Labute approximate surface area is 152 Å². The molecule has 0 bridgehead atoms. The third-order valence-corrected chi connectivity index (χ3v) is 3.99. The zero-order valence-corrected chi connectivity index (χ0v) is 15.3. The highest BCUT2D eigenvalue weighted by Crippen LogP contribution is 2.15. The average Bonchev–Trinajstić information content (AvgIpc) is 3.05. The molecule has 0 radical (unpaired) electrons. The summed E-state index contributed by atoms with van der Waals surface area (Å²) in [5, 5.41) is 6.31. The quantitative estimate of drug-likeness (QED) is 0.671. The lowest BCUT2D eigenvalue weighted by Gasteiger charge is -2.04. The third kappa shape index (κ3) is 4.15. The van der Waals surface area contributed by atoms with Crippen LogP contribution in [0.2, 0.25) is 0 Å². The lowest BCUT2D eigenvalue weighted by molar-refractivity contribution is 0.716. The van der Waals surface area contributed by atoms with Crippen molar-refractivity contribution in [2.45, 2.75) is 27.3 Å². The summed E-state index contributed by atoms with van der Waals surface area (Å²) in [4.78, 5) is 21.3. The van der Waals surface area contributed by atoms with Crippen LogP contribution in [0.25, 0.3) is 17.2 Å². The molecule has 0 aliphatic heterocycles. The van der Waals surface area contributed by atoms with E-state index in [1.807, 2.05) is 50.3 Å². The van der Waals surface area contributed by atoms with E-state index in [1.165, 1.54) is 21.7 Å². The van der Waals surface area contributed by atoms with Crippen LogP contribution in [0.5, 0.6) is 0 Å². The maximum Gasteiger partial charge on any atom is 0.274 e. The van der Waals surface area contributed by atoms with Gasteiger partial charge in [0.15, 0.2) is 5.82 Å². The number of H-pyrrole nitrogens is 1. The Morgan fingerprint density at radius 2 is 2.04 bits per heavy atom. The van der Waals surface area contributed by atoms with E-state index in [-0.39, 0.29) is 5.56 Å². The first-order valence-electron chi connectivity index (χ1n) is 8.61. The van der Waals surface area contributed by atoms with Crippen LogP contribution in [-0.2, 0) is 6.54 Å². The summed E-state index contributed by atoms with van der Waals surface area (Å²) in [6.45, 7) is 7.32. The minimum atomic E-state index is -0.168. The van der Waals surface area contributed by atoms with Gasteiger partial charge in [-0.25, -0.2) is 4.98 Å². The Kier molecular flexibility index (Phi) is 5.43. The summed E-state index contributed by atoms with van der Waals surface area (Å²) in [7, 11) is 0. The first-order valence-corrected chi connectivity index (χ1v) is 8.61. The normalized spacial score (nSPS) is 12.3. The second kappa shape index (κ2) is 7.93. The molecule has 0 amide bonds. The van der Waals surface area contributed by atoms with Gasteiger partial charge in [-0.3, -0.25) is 9.89 Å². The second-order valence-corrected chi connectivity index (χ2v) is 6.30. The number of allylic oxidation sites excluding steroid dienone is 3. The maximum atomic E-state index is 12.3. The predicted molar refractivity (Wildman–Crippen MR) is 104 cm³/mol. The maximum absolute atomic E-state index is 12.3. The van der Waals surface area contributed by atoms with Gasteiger partial charge in [0.2, 0.25) is 0 Å².